The van der Waals surface area contributed by atoms with Crippen molar-refractivity contribution < 1.29 is 19.0 Å². The monoisotopic (exact) mass is 519 g/mol. The zero-order chi connectivity index (χ0) is 28.1. The minimum absolute atomic E-state index is 0.0289. The lowest BCUT2D eigenvalue weighted by molar-refractivity contribution is 0.0976. The minimum atomic E-state index is 0.0289. The van der Waals surface area contributed by atoms with E-state index in [4.69, 9.17) is 14.2 Å². The molecule has 0 aliphatic carbocycles. The van der Waals surface area contributed by atoms with Crippen LogP contribution in [0.4, 0.5) is 0 Å². The maximum Gasteiger partial charge on any atom is 0.183 e. The Kier molecular flexibility index (Phi) is 12.3. The number of benzene rings is 1. The molecule has 0 N–H and O–H groups in total. The van der Waals surface area contributed by atoms with Crippen molar-refractivity contribution in [2.45, 2.75) is 60.8 Å². The Morgan fingerprint density at radius 2 is 1.74 bits per heavy atom. The van der Waals surface area contributed by atoms with Gasteiger partial charge in [-0.2, -0.15) is 5.10 Å². The highest BCUT2D eigenvalue weighted by Gasteiger charge is 2.14. The summed E-state index contributed by atoms with van der Waals surface area (Å²) in [6, 6.07) is 9.22. The predicted octanol–water partition coefficient (Wildman–Crippen LogP) is 7.63. The van der Waals surface area contributed by atoms with Gasteiger partial charge >= 0.3 is 0 Å². The summed E-state index contributed by atoms with van der Waals surface area (Å²) >= 11 is 0. The van der Waals surface area contributed by atoms with E-state index in [1.54, 1.807) is 31.0 Å². The van der Waals surface area contributed by atoms with E-state index >= 15 is 0 Å². The van der Waals surface area contributed by atoms with Crippen molar-refractivity contribution in [3.63, 3.8) is 0 Å². The van der Waals surface area contributed by atoms with Gasteiger partial charge in [-0.15, -0.1) is 0 Å². The normalized spacial score (nSPS) is 12.2. The maximum absolute atomic E-state index is 12.1. The highest BCUT2D eigenvalue weighted by Crippen LogP contribution is 2.32. The number of carbonyl (C=O) groups is 1. The molecular weight excluding hydrogens is 478 g/mol. The number of carbonyl (C=O) groups excluding carboxylic acids is 1. The average Bonchev–Trinajstić information content (AvgIpc) is 3.39. The van der Waals surface area contributed by atoms with Crippen LogP contribution < -0.4 is 9.47 Å². The van der Waals surface area contributed by atoms with Gasteiger partial charge in [-0.05, 0) is 77.0 Å². The van der Waals surface area contributed by atoms with Crippen LogP contribution >= 0.6 is 0 Å². The molecule has 0 aliphatic heterocycles. The van der Waals surface area contributed by atoms with Crippen LogP contribution in [0.1, 0.15) is 71.3 Å². The molecule has 38 heavy (non-hydrogen) atoms. The first-order valence-corrected chi connectivity index (χ1v) is 13.1. The number of hydrogen-bond acceptors (Lipinski definition) is 6. The molecule has 3 rings (SSSR count). The van der Waals surface area contributed by atoms with Gasteiger partial charge in [0.25, 0.3) is 0 Å². The summed E-state index contributed by atoms with van der Waals surface area (Å²) in [5.74, 6) is 2.26. The number of ketones is 1. The molecule has 0 fully saturated rings. The number of fused-ring (bicyclic) bond motifs is 1. The molecule has 0 spiro atoms. The molecule has 0 saturated carbocycles. The van der Waals surface area contributed by atoms with Crippen molar-refractivity contribution in [1.29, 1.82) is 0 Å². The van der Waals surface area contributed by atoms with Crippen molar-refractivity contribution in [2.24, 2.45) is 0 Å². The van der Waals surface area contributed by atoms with Gasteiger partial charge in [-0.1, -0.05) is 31.1 Å². The van der Waals surface area contributed by atoms with E-state index in [-0.39, 0.29) is 5.78 Å². The predicted molar refractivity (Wildman–Crippen MR) is 154 cm³/mol. The third kappa shape index (κ3) is 8.07. The number of Topliss-reactive ketones (excluding diaryl/α,β-unsaturated/α-hetero) is 1. The van der Waals surface area contributed by atoms with Crippen LogP contribution in [0.3, 0.4) is 0 Å². The molecule has 0 aliphatic rings. The van der Waals surface area contributed by atoms with Gasteiger partial charge in [0.1, 0.15) is 11.5 Å². The molecule has 0 bridgehead atoms. The highest BCUT2D eigenvalue weighted by molar-refractivity contribution is 5.95. The fourth-order valence-corrected chi connectivity index (χ4v) is 3.62. The van der Waals surface area contributed by atoms with Gasteiger partial charge in [0.15, 0.2) is 22.9 Å². The van der Waals surface area contributed by atoms with E-state index in [0.29, 0.717) is 29.3 Å². The molecular formula is C31H41N3O4. The van der Waals surface area contributed by atoms with Crippen molar-refractivity contribution in [1.82, 2.24) is 14.6 Å². The number of aromatic nitrogens is 3. The van der Waals surface area contributed by atoms with Crippen molar-refractivity contribution in [2.75, 3.05) is 20.8 Å². The number of allylic oxidation sites excluding steroid dienone is 5. The second kappa shape index (κ2) is 15.4. The Morgan fingerprint density at radius 3 is 2.34 bits per heavy atom. The lowest BCUT2D eigenvalue weighted by atomic mass is 10.1. The zero-order valence-electron chi connectivity index (χ0n) is 24.0. The quantitative estimate of drug-likeness (QED) is 0.147. The van der Waals surface area contributed by atoms with E-state index in [1.807, 2.05) is 57.2 Å². The second-order valence-electron chi connectivity index (χ2n) is 8.65. The Bertz CT molecular complexity index is 1300. The van der Waals surface area contributed by atoms with Gasteiger partial charge in [-0.25, -0.2) is 9.50 Å². The Hall–Kier alpha value is -3.87. The third-order valence-corrected chi connectivity index (χ3v) is 6.10. The number of hydrogen-bond donors (Lipinski definition) is 0. The van der Waals surface area contributed by atoms with Crippen LogP contribution in [0.15, 0.2) is 71.7 Å². The molecule has 1 aromatic carbocycles. The topological polar surface area (TPSA) is 75.0 Å². The van der Waals surface area contributed by atoms with E-state index in [0.717, 1.165) is 36.5 Å². The molecule has 7 nitrogen and oxygen atoms in total. The first-order valence-electron chi connectivity index (χ1n) is 13.1. The molecule has 7 heteroatoms. The van der Waals surface area contributed by atoms with Crippen LogP contribution in [-0.2, 0) is 4.74 Å². The van der Waals surface area contributed by atoms with Gasteiger partial charge in [0, 0.05) is 24.2 Å². The molecule has 3 aromatic rings. The van der Waals surface area contributed by atoms with Crippen molar-refractivity contribution in [3.05, 3.63) is 77.4 Å². The summed E-state index contributed by atoms with van der Waals surface area (Å²) < 4.78 is 17.7. The zero-order valence-corrected chi connectivity index (χ0v) is 24.0. The Balaban J connectivity index is 0.000000312. The third-order valence-electron chi connectivity index (χ3n) is 6.10. The highest BCUT2D eigenvalue weighted by atomic mass is 16.5. The summed E-state index contributed by atoms with van der Waals surface area (Å²) in [7, 11) is 3.19. The Morgan fingerprint density at radius 1 is 1.00 bits per heavy atom. The fraction of sp³-hybridized carbons (Fsp3) is 0.387. The molecule has 0 saturated heterocycles. The second-order valence-corrected chi connectivity index (χ2v) is 8.65. The smallest absolute Gasteiger partial charge is 0.183 e. The first kappa shape index (κ1) is 30.4. The number of ether oxygens (including phenoxy) is 3. The molecule has 0 atom stereocenters. The van der Waals surface area contributed by atoms with Gasteiger partial charge in [0.05, 0.1) is 26.5 Å². The SMILES string of the molecule is CCCC(=O)c1cc2nccc(-c3ccc(OC)c(OC)c3)n2n1.C\C=C(/C=C\C(C)=C(\C)CC)OCC. The first-order chi connectivity index (χ1) is 18.3. The molecule has 0 unspecified atom stereocenters. The molecule has 2 heterocycles. The molecule has 204 valence electrons. The summed E-state index contributed by atoms with van der Waals surface area (Å²) in [6.45, 7) is 13.1. The molecule has 0 radical (unpaired) electrons. The maximum atomic E-state index is 12.1. The van der Waals surface area contributed by atoms with Crippen LogP contribution in [0, 0.1) is 0 Å². The van der Waals surface area contributed by atoms with Gasteiger partial charge in [0.2, 0.25) is 0 Å². The van der Waals surface area contributed by atoms with Crippen molar-refractivity contribution >= 4 is 11.4 Å². The van der Waals surface area contributed by atoms with Gasteiger partial charge in [-0.3, -0.25) is 4.79 Å². The molecule has 0 amide bonds. The van der Waals surface area contributed by atoms with Crippen molar-refractivity contribution in [3.8, 4) is 22.8 Å². The number of methoxy groups -OCH3 is 2. The summed E-state index contributed by atoms with van der Waals surface area (Å²) in [4.78, 5) is 16.4. The summed E-state index contributed by atoms with van der Waals surface area (Å²) in [6.07, 6.45) is 10.2. The fourth-order valence-electron chi connectivity index (χ4n) is 3.62. The standard InChI is InChI=1S/C18H19N3O3.C13H22O/c1-4-5-15(22)13-11-18-19-9-8-14(21(18)20-13)12-6-7-16(23-2)17(10-12)24-3;1-6-11(4)12(5)9-10-13(7-2)14-8-3/h6-11H,4-5H2,1-3H3;7,9-10H,6,8H2,1-5H3/b;10-9-,12-11-,13-7+. The molecule has 2 aromatic heterocycles. The van der Waals surface area contributed by atoms with Crippen LogP contribution in [0.25, 0.3) is 16.9 Å². The number of rotatable bonds is 11. The van der Waals surface area contributed by atoms with Crippen LogP contribution in [0.5, 0.6) is 11.5 Å². The minimum Gasteiger partial charge on any atom is -0.494 e. The van der Waals surface area contributed by atoms with E-state index in [9.17, 15) is 4.79 Å². The van der Waals surface area contributed by atoms with E-state index in [2.05, 4.69) is 36.9 Å². The summed E-state index contributed by atoms with van der Waals surface area (Å²) in [5.41, 5.74) is 5.56. The van der Waals surface area contributed by atoms with E-state index < -0.39 is 0 Å². The van der Waals surface area contributed by atoms with E-state index in [1.165, 1.54) is 11.1 Å². The van der Waals surface area contributed by atoms with Crippen LogP contribution in [0.2, 0.25) is 0 Å². The Labute approximate surface area is 226 Å². The number of nitrogens with zero attached hydrogens (tertiary/aromatic N) is 3. The van der Waals surface area contributed by atoms with Gasteiger partial charge < -0.3 is 14.2 Å². The summed E-state index contributed by atoms with van der Waals surface area (Å²) in [5, 5.41) is 4.44. The lowest BCUT2D eigenvalue weighted by Gasteiger charge is -2.10. The van der Waals surface area contributed by atoms with Crippen LogP contribution in [-0.4, -0.2) is 41.2 Å². The average molecular weight is 520 g/mol. The largest absolute Gasteiger partial charge is 0.494 e. The lowest BCUT2D eigenvalue weighted by Crippen LogP contribution is -2.01.